The van der Waals surface area contributed by atoms with Crippen molar-refractivity contribution in [3.8, 4) is 0 Å². The molecule has 3 aromatic rings. The molecule has 3 nitrogen and oxygen atoms in total. The maximum absolute atomic E-state index is 4.60. The molecule has 1 aromatic carbocycles. The molecule has 5 heteroatoms. The van der Waals surface area contributed by atoms with Crippen LogP contribution in [-0.2, 0) is 12.8 Å². The molecule has 0 spiro atoms. The van der Waals surface area contributed by atoms with Gasteiger partial charge in [0.15, 0.2) is 0 Å². The average Bonchev–Trinajstić information content (AvgIpc) is 2.95. The van der Waals surface area contributed by atoms with Gasteiger partial charge in [-0.25, -0.2) is 9.97 Å². The maximum Gasteiger partial charge on any atom is 0.142 e. The highest BCUT2D eigenvalue weighted by Crippen LogP contribution is 2.44. The molecule has 0 aliphatic heterocycles. The third kappa shape index (κ3) is 3.36. The quantitative estimate of drug-likeness (QED) is 0.429. The van der Waals surface area contributed by atoms with E-state index in [-0.39, 0.29) is 0 Å². The molecule has 0 saturated heterocycles. The molecule has 26 heavy (non-hydrogen) atoms. The fourth-order valence-corrected chi connectivity index (χ4v) is 5.75. The van der Waals surface area contributed by atoms with Crippen molar-refractivity contribution in [3.05, 3.63) is 44.1 Å². The van der Waals surface area contributed by atoms with E-state index in [1.165, 1.54) is 37.8 Å². The third-order valence-electron chi connectivity index (χ3n) is 5.51. The Hall–Kier alpha value is -1.21. The standard InChI is InChI=1S/C21H24IN3S/c1-12-9-14(22)6-8-16(12)25-19-18-15-7-5-13(21(2,3)4)10-17(15)26-20(18)24-11-23-19/h6,8-9,11,13H,5,7,10H2,1-4H3,(H,23,24,25). The fraction of sp³-hybridized carbons (Fsp3) is 0.429. The van der Waals surface area contributed by atoms with Crippen molar-refractivity contribution >= 4 is 55.6 Å². The molecule has 1 aliphatic carbocycles. The fourth-order valence-electron chi connectivity index (χ4n) is 3.84. The first kappa shape index (κ1) is 18.2. The van der Waals surface area contributed by atoms with E-state index in [0.717, 1.165) is 28.7 Å². The van der Waals surface area contributed by atoms with Gasteiger partial charge < -0.3 is 5.32 Å². The van der Waals surface area contributed by atoms with Gasteiger partial charge >= 0.3 is 0 Å². The second-order valence-electron chi connectivity index (χ2n) is 8.30. The van der Waals surface area contributed by atoms with Gasteiger partial charge in [-0.3, -0.25) is 0 Å². The summed E-state index contributed by atoms with van der Waals surface area (Å²) in [5.74, 6) is 1.69. The number of halogens is 1. The van der Waals surface area contributed by atoms with E-state index >= 15 is 0 Å². The lowest BCUT2D eigenvalue weighted by Gasteiger charge is -2.33. The molecule has 1 unspecified atom stereocenters. The second kappa shape index (κ2) is 6.75. The Labute approximate surface area is 172 Å². The average molecular weight is 477 g/mol. The molecule has 136 valence electrons. The van der Waals surface area contributed by atoms with Gasteiger partial charge in [0.1, 0.15) is 17.0 Å². The minimum atomic E-state index is 0.360. The molecule has 1 atom stereocenters. The van der Waals surface area contributed by atoms with Gasteiger partial charge in [0, 0.05) is 14.1 Å². The van der Waals surface area contributed by atoms with Crippen LogP contribution in [0.5, 0.6) is 0 Å². The lowest BCUT2D eigenvalue weighted by Crippen LogP contribution is -2.26. The van der Waals surface area contributed by atoms with Crippen molar-refractivity contribution in [2.75, 3.05) is 5.32 Å². The number of benzene rings is 1. The van der Waals surface area contributed by atoms with Crippen LogP contribution >= 0.6 is 33.9 Å². The van der Waals surface area contributed by atoms with E-state index in [2.05, 4.69) is 83.8 Å². The van der Waals surface area contributed by atoms with Gasteiger partial charge in [0.25, 0.3) is 0 Å². The molecule has 2 aromatic heterocycles. The Bertz CT molecular complexity index is 971. The van der Waals surface area contributed by atoms with Gasteiger partial charge in [-0.05, 0) is 89.4 Å². The summed E-state index contributed by atoms with van der Waals surface area (Å²) < 4.78 is 1.25. The summed E-state index contributed by atoms with van der Waals surface area (Å²) in [7, 11) is 0. The third-order valence-corrected chi connectivity index (χ3v) is 7.34. The number of rotatable bonds is 2. The number of nitrogens with zero attached hydrogens (tertiary/aromatic N) is 2. The highest BCUT2D eigenvalue weighted by Gasteiger charge is 2.31. The Kier molecular flexibility index (Phi) is 4.72. The lowest BCUT2D eigenvalue weighted by atomic mass is 9.72. The molecule has 0 bridgehead atoms. The van der Waals surface area contributed by atoms with E-state index in [0.29, 0.717) is 5.41 Å². The summed E-state index contributed by atoms with van der Waals surface area (Å²) in [5.41, 5.74) is 4.19. The molecular formula is C21H24IN3S. The SMILES string of the molecule is Cc1cc(I)ccc1Nc1ncnc2sc3c(c12)CCC(C(C)(C)C)C3. The lowest BCUT2D eigenvalue weighted by molar-refractivity contribution is 0.218. The zero-order valence-corrected chi connectivity index (χ0v) is 18.7. The minimum Gasteiger partial charge on any atom is -0.339 e. The molecule has 0 fully saturated rings. The van der Waals surface area contributed by atoms with Crippen molar-refractivity contribution in [2.24, 2.45) is 11.3 Å². The first-order chi connectivity index (χ1) is 12.3. The molecule has 1 N–H and O–H groups in total. The van der Waals surface area contributed by atoms with Crippen molar-refractivity contribution in [2.45, 2.75) is 47.0 Å². The Morgan fingerprint density at radius 1 is 1.23 bits per heavy atom. The van der Waals surface area contributed by atoms with E-state index in [4.69, 9.17) is 0 Å². The van der Waals surface area contributed by atoms with E-state index in [9.17, 15) is 0 Å². The smallest absolute Gasteiger partial charge is 0.142 e. The number of nitrogens with one attached hydrogen (secondary N) is 1. The summed E-state index contributed by atoms with van der Waals surface area (Å²) in [5, 5.41) is 4.81. The minimum absolute atomic E-state index is 0.360. The van der Waals surface area contributed by atoms with Crippen LogP contribution in [-0.4, -0.2) is 9.97 Å². The van der Waals surface area contributed by atoms with E-state index in [1.807, 2.05) is 11.3 Å². The summed E-state index contributed by atoms with van der Waals surface area (Å²) in [6, 6.07) is 6.46. The molecule has 2 heterocycles. The maximum atomic E-state index is 4.60. The van der Waals surface area contributed by atoms with Crippen molar-refractivity contribution < 1.29 is 0 Å². The molecular weight excluding hydrogens is 453 g/mol. The Balaban J connectivity index is 1.75. The summed E-state index contributed by atoms with van der Waals surface area (Å²) in [4.78, 5) is 11.8. The van der Waals surface area contributed by atoms with Crippen LogP contribution in [0.4, 0.5) is 11.5 Å². The van der Waals surface area contributed by atoms with Crippen molar-refractivity contribution in [1.29, 1.82) is 0 Å². The monoisotopic (exact) mass is 477 g/mol. The van der Waals surface area contributed by atoms with Gasteiger partial charge in [-0.2, -0.15) is 0 Å². The van der Waals surface area contributed by atoms with Gasteiger partial charge in [-0.1, -0.05) is 20.8 Å². The highest BCUT2D eigenvalue weighted by atomic mass is 127. The molecule has 4 rings (SSSR count). The van der Waals surface area contributed by atoms with Crippen LogP contribution in [0, 0.1) is 21.8 Å². The number of aryl methyl sites for hydroxylation is 2. The van der Waals surface area contributed by atoms with Gasteiger partial charge in [0.05, 0.1) is 5.39 Å². The van der Waals surface area contributed by atoms with Gasteiger partial charge in [0.2, 0.25) is 0 Å². The first-order valence-electron chi connectivity index (χ1n) is 9.11. The normalized spacial score (nSPS) is 17.3. The van der Waals surface area contributed by atoms with E-state index in [1.54, 1.807) is 6.33 Å². The van der Waals surface area contributed by atoms with Crippen LogP contribution in [0.15, 0.2) is 24.5 Å². The Morgan fingerprint density at radius 3 is 2.77 bits per heavy atom. The number of anilines is 2. The zero-order chi connectivity index (χ0) is 18.5. The number of hydrogen-bond donors (Lipinski definition) is 1. The van der Waals surface area contributed by atoms with Crippen LogP contribution in [0.1, 0.15) is 43.2 Å². The largest absolute Gasteiger partial charge is 0.339 e. The van der Waals surface area contributed by atoms with Crippen LogP contribution in [0.3, 0.4) is 0 Å². The van der Waals surface area contributed by atoms with Crippen LogP contribution in [0.2, 0.25) is 0 Å². The second-order valence-corrected chi connectivity index (χ2v) is 10.6. The van der Waals surface area contributed by atoms with Crippen molar-refractivity contribution in [3.63, 3.8) is 0 Å². The highest BCUT2D eigenvalue weighted by molar-refractivity contribution is 14.1. The number of thiophene rings is 1. The van der Waals surface area contributed by atoms with Crippen LogP contribution in [0.25, 0.3) is 10.2 Å². The summed E-state index contributed by atoms with van der Waals surface area (Å²) in [6.45, 7) is 9.23. The zero-order valence-electron chi connectivity index (χ0n) is 15.7. The summed E-state index contributed by atoms with van der Waals surface area (Å²) in [6.07, 6.45) is 5.24. The predicted molar refractivity (Wildman–Crippen MR) is 120 cm³/mol. The van der Waals surface area contributed by atoms with Gasteiger partial charge in [-0.15, -0.1) is 11.3 Å². The molecule has 0 radical (unpaired) electrons. The number of aromatic nitrogens is 2. The molecule has 0 amide bonds. The Morgan fingerprint density at radius 2 is 2.04 bits per heavy atom. The van der Waals surface area contributed by atoms with Crippen molar-refractivity contribution in [1.82, 2.24) is 9.97 Å². The predicted octanol–water partition coefficient (Wildman–Crippen LogP) is 6.50. The molecule has 0 saturated carbocycles. The molecule has 1 aliphatic rings. The van der Waals surface area contributed by atoms with E-state index < -0.39 is 0 Å². The number of hydrogen-bond acceptors (Lipinski definition) is 4. The topological polar surface area (TPSA) is 37.8 Å². The first-order valence-corrected chi connectivity index (χ1v) is 11.0. The van der Waals surface area contributed by atoms with Crippen LogP contribution < -0.4 is 5.32 Å². The summed E-state index contributed by atoms with van der Waals surface area (Å²) >= 11 is 4.21. The number of fused-ring (bicyclic) bond motifs is 3.